The van der Waals surface area contributed by atoms with Crippen LogP contribution < -0.4 is 0 Å². The summed E-state index contributed by atoms with van der Waals surface area (Å²) in [5, 5.41) is 20.5. The van der Waals surface area contributed by atoms with Gasteiger partial charge >= 0.3 is 0 Å². The van der Waals surface area contributed by atoms with Crippen molar-refractivity contribution in [2.75, 3.05) is 0 Å². The lowest BCUT2D eigenvalue weighted by Gasteiger charge is -2.15. The first-order valence-electron chi connectivity index (χ1n) is 19.5. The first-order valence-corrected chi connectivity index (χ1v) is 19.5. The number of benzene rings is 12. The number of hydrogen-bond donors (Lipinski definition) is 0. The molecule has 0 aliphatic carbocycles. The van der Waals surface area contributed by atoms with Crippen LogP contribution in [0, 0.1) is 0 Å². The Hall–Kier alpha value is -7.28. The summed E-state index contributed by atoms with van der Waals surface area (Å²) in [5.41, 5.74) is 7.27. The van der Waals surface area contributed by atoms with Crippen LogP contribution in [-0.4, -0.2) is 0 Å². The van der Waals surface area contributed by atoms with Gasteiger partial charge in [0.1, 0.15) is 0 Å². The molecule has 0 aliphatic rings. The fourth-order valence-corrected chi connectivity index (χ4v) is 9.41. The maximum atomic E-state index is 2.41. The van der Waals surface area contributed by atoms with E-state index in [9.17, 15) is 0 Å². The first-order chi connectivity index (χ1) is 27.7. The summed E-state index contributed by atoms with van der Waals surface area (Å²) < 4.78 is 0. The van der Waals surface area contributed by atoms with Crippen molar-refractivity contribution in [1.82, 2.24) is 0 Å². The van der Waals surface area contributed by atoms with E-state index in [0.717, 1.165) is 0 Å². The van der Waals surface area contributed by atoms with Gasteiger partial charge in [-0.3, -0.25) is 0 Å². The minimum atomic E-state index is 1.21. The molecule has 0 amide bonds. The fourth-order valence-electron chi connectivity index (χ4n) is 9.41. The molecule has 56 heavy (non-hydrogen) atoms. The molecule has 0 spiro atoms. The summed E-state index contributed by atoms with van der Waals surface area (Å²) >= 11 is 0. The van der Waals surface area contributed by atoms with E-state index in [-0.39, 0.29) is 0 Å². The minimum Gasteiger partial charge on any atom is -0.0616 e. The van der Waals surface area contributed by atoms with Crippen molar-refractivity contribution in [2.45, 2.75) is 0 Å². The molecule has 0 N–H and O–H groups in total. The second-order valence-electron chi connectivity index (χ2n) is 15.3. The molecule has 0 aliphatic heterocycles. The Morgan fingerprint density at radius 2 is 0.446 bits per heavy atom. The van der Waals surface area contributed by atoms with E-state index in [0.29, 0.717) is 0 Å². The van der Waals surface area contributed by atoms with Gasteiger partial charge in [-0.15, -0.1) is 0 Å². The van der Waals surface area contributed by atoms with E-state index in [1.165, 1.54) is 120 Å². The molecule has 0 heteroatoms. The molecular weight excluding hydrogens is 673 g/mol. The number of hydrogen-bond acceptors (Lipinski definition) is 0. The molecule has 0 fully saturated rings. The van der Waals surface area contributed by atoms with Gasteiger partial charge in [0.2, 0.25) is 0 Å². The van der Waals surface area contributed by atoms with E-state index >= 15 is 0 Å². The Labute approximate surface area is 324 Å². The molecule has 0 saturated carbocycles. The van der Waals surface area contributed by atoms with Crippen LogP contribution in [0.15, 0.2) is 206 Å². The summed E-state index contributed by atoms with van der Waals surface area (Å²) in [4.78, 5) is 0. The van der Waals surface area contributed by atoms with Crippen molar-refractivity contribution in [2.24, 2.45) is 0 Å². The fraction of sp³-hybridized carbons (Fsp3) is 0. The lowest BCUT2D eigenvalue weighted by atomic mass is 9.89. The van der Waals surface area contributed by atoms with Crippen molar-refractivity contribution < 1.29 is 0 Å². The van der Waals surface area contributed by atoms with Crippen LogP contribution in [0.1, 0.15) is 0 Å². The highest BCUT2D eigenvalue weighted by Gasteiger charge is 2.14. The second kappa shape index (κ2) is 12.1. The van der Waals surface area contributed by atoms with Crippen molar-refractivity contribution in [1.29, 1.82) is 0 Å². The highest BCUT2D eigenvalue weighted by molar-refractivity contribution is 6.26. The number of rotatable bonds is 3. The van der Waals surface area contributed by atoms with Crippen LogP contribution in [-0.2, 0) is 0 Å². The van der Waals surface area contributed by atoms with Crippen LogP contribution in [0.2, 0.25) is 0 Å². The lowest BCUT2D eigenvalue weighted by Crippen LogP contribution is -1.89. The van der Waals surface area contributed by atoms with Crippen molar-refractivity contribution >= 4 is 86.2 Å². The predicted octanol–water partition coefficient (Wildman–Crippen LogP) is 15.9. The molecule has 12 aromatic carbocycles. The zero-order valence-corrected chi connectivity index (χ0v) is 30.6. The third kappa shape index (κ3) is 4.79. The van der Waals surface area contributed by atoms with Crippen LogP contribution in [0.3, 0.4) is 0 Å². The monoisotopic (exact) mass is 706 g/mol. The molecule has 12 aromatic rings. The van der Waals surface area contributed by atoms with Gasteiger partial charge in [-0.25, -0.2) is 0 Å². The third-order valence-corrected chi connectivity index (χ3v) is 12.2. The third-order valence-electron chi connectivity index (χ3n) is 12.2. The van der Waals surface area contributed by atoms with Gasteiger partial charge in [0, 0.05) is 0 Å². The first kappa shape index (κ1) is 31.1. The Bertz CT molecular complexity index is 3550. The van der Waals surface area contributed by atoms with Gasteiger partial charge in [-0.05, 0) is 156 Å². The average molecular weight is 707 g/mol. The molecule has 0 saturated heterocycles. The summed E-state index contributed by atoms with van der Waals surface area (Å²) in [6, 6.07) is 76.9. The predicted molar refractivity (Wildman–Crippen MR) is 243 cm³/mol. The largest absolute Gasteiger partial charge is 0.0616 e. The molecule has 0 bridgehead atoms. The van der Waals surface area contributed by atoms with Crippen LogP contribution in [0.5, 0.6) is 0 Å². The summed E-state index contributed by atoms with van der Waals surface area (Å²) in [7, 11) is 0. The van der Waals surface area contributed by atoms with Gasteiger partial charge in [-0.1, -0.05) is 170 Å². The summed E-state index contributed by atoms with van der Waals surface area (Å²) in [5.74, 6) is 0. The van der Waals surface area contributed by atoms with Crippen molar-refractivity contribution in [3.8, 4) is 33.4 Å². The van der Waals surface area contributed by atoms with Crippen LogP contribution in [0.4, 0.5) is 0 Å². The quantitative estimate of drug-likeness (QED) is 0.160. The summed E-state index contributed by atoms with van der Waals surface area (Å²) in [6.45, 7) is 0. The molecular formula is C56H34. The molecule has 0 aromatic heterocycles. The van der Waals surface area contributed by atoms with E-state index in [1.807, 2.05) is 0 Å². The van der Waals surface area contributed by atoms with E-state index in [2.05, 4.69) is 206 Å². The average Bonchev–Trinajstić information content (AvgIpc) is 3.28. The summed E-state index contributed by atoms with van der Waals surface area (Å²) in [6.07, 6.45) is 0. The second-order valence-corrected chi connectivity index (χ2v) is 15.3. The topological polar surface area (TPSA) is 0 Å². The molecule has 0 radical (unpaired) electrons. The maximum Gasteiger partial charge on any atom is -0.00928 e. The smallest absolute Gasteiger partial charge is 0.00928 e. The molecule has 0 nitrogen and oxygen atoms in total. The van der Waals surface area contributed by atoms with E-state index in [1.54, 1.807) is 0 Å². The molecule has 0 unspecified atom stereocenters. The van der Waals surface area contributed by atoms with E-state index < -0.39 is 0 Å². The Morgan fingerprint density at radius 1 is 0.143 bits per heavy atom. The highest BCUT2D eigenvalue weighted by atomic mass is 14.2. The Morgan fingerprint density at radius 3 is 1.04 bits per heavy atom. The van der Waals surface area contributed by atoms with Crippen molar-refractivity contribution in [3.63, 3.8) is 0 Å². The zero-order chi connectivity index (χ0) is 36.7. The Balaban J connectivity index is 1.09. The zero-order valence-electron chi connectivity index (χ0n) is 30.6. The minimum absolute atomic E-state index is 1.21. The molecule has 12 rings (SSSR count). The molecule has 0 heterocycles. The highest BCUT2D eigenvalue weighted by Crippen LogP contribution is 2.41. The van der Waals surface area contributed by atoms with Gasteiger partial charge in [0.15, 0.2) is 0 Å². The standard InChI is InChI=1S/C56H34/c1-3-11-45-36(10-1)21-26-53-47-25-22-38(29-41(47)24-28-52(45)53)42-30-43(39-20-19-37-18-17-35-9-2-4-12-46(35)55(37)33-39)32-44(31-42)40-23-27-54-50-15-6-5-13-48(50)49-14-7-8-16-51(49)56(54)34-40/h1-34H. The van der Waals surface area contributed by atoms with Gasteiger partial charge in [0.25, 0.3) is 0 Å². The van der Waals surface area contributed by atoms with Gasteiger partial charge in [0.05, 0.1) is 0 Å². The van der Waals surface area contributed by atoms with E-state index in [4.69, 9.17) is 0 Å². The Kier molecular flexibility index (Phi) is 6.73. The SMILES string of the molecule is c1ccc2c(c1)ccc1ccc(-c3cc(-c4ccc5c(ccc6c7ccccc7ccc56)c4)cc(-c4ccc5c6ccccc6c6ccccc6c5c4)c3)cc12. The number of fused-ring (bicyclic) bond motifs is 14. The van der Waals surface area contributed by atoms with Crippen LogP contribution >= 0.6 is 0 Å². The van der Waals surface area contributed by atoms with Gasteiger partial charge < -0.3 is 0 Å². The molecule has 258 valence electrons. The van der Waals surface area contributed by atoms with Gasteiger partial charge in [-0.2, -0.15) is 0 Å². The lowest BCUT2D eigenvalue weighted by molar-refractivity contribution is 1.60. The molecule has 0 atom stereocenters. The van der Waals surface area contributed by atoms with Crippen molar-refractivity contribution in [3.05, 3.63) is 206 Å². The maximum absolute atomic E-state index is 2.41. The van der Waals surface area contributed by atoms with Crippen LogP contribution in [0.25, 0.3) is 120 Å². The normalized spacial score (nSPS) is 11.9.